The molecule has 0 N–H and O–H groups in total. The minimum atomic E-state index is -0.101. The van der Waals surface area contributed by atoms with E-state index >= 15 is 0 Å². The molecule has 0 aromatic carbocycles. The van der Waals surface area contributed by atoms with Crippen LogP contribution in [0.2, 0.25) is 0 Å². The number of rotatable bonds is 5. The second-order valence-electron chi connectivity index (χ2n) is 3.45. The van der Waals surface area contributed by atoms with Crippen LogP contribution in [0.25, 0.3) is 0 Å². The van der Waals surface area contributed by atoms with Gasteiger partial charge in [0.2, 0.25) is 0 Å². The van der Waals surface area contributed by atoms with Gasteiger partial charge in [0.25, 0.3) is 0 Å². The fourth-order valence-electron chi connectivity index (χ4n) is 1.37. The maximum absolute atomic E-state index is 11.7. The lowest BCUT2D eigenvalue weighted by Gasteiger charge is -1.98. The van der Waals surface area contributed by atoms with Crippen LogP contribution in [0.15, 0.2) is 36.2 Å². The van der Waals surface area contributed by atoms with E-state index in [4.69, 9.17) is 0 Å². The van der Waals surface area contributed by atoms with Gasteiger partial charge in [-0.1, -0.05) is 6.07 Å². The van der Waals surface area contributed by atoms with Gasteiger partial charge in [0.1, 0.15) is 6.33 Å². The van der Waals surface area contributed by atoms with Crippen molar-refractivity contribution in [3.8, 4) is 0 Å². The molecule has 0 spiro atoms. The lowest BCUT2D eigenvalue weighted by atomic mass is 10.1. The van der Waals surface area contributed by atoms with Crippen LogP contribution >= 0.6 is 11.3 Å². The lowest BCUT2D eigenvalue weighted by molar-refractivity contribution is 0.0919. The Morgan fingerprint density at radius 3 is 2.47 bits per heavy atom. The van der Waals surface area contributed by atoms with E-state index in [1.165, 1.54) is 30.1 Å². The molecule has 0 aliphatic rings. The molecule has 2 aromatic heterocycles. The number of ketones is 2. The van der Waals surface area contributed by atoms with Gasteiger partial charge in [0, 0.05) is 25.2 Å². The van der Waals surface area contributed by atoms with Crippen molar-refractivity contribution in [2.45, 2.75) is 12.8 Å². The molecule has 0 unspecified atom stereocenters. The number of aromatic nitrogens is 2. The summed E-state index contributed by atoms with van der Waals surface area (Å²) in [6.07, 6.45) is 4.72. The van der Waals surface area contributed by atoms with E-state index in [9.17, 15) is 9.59 Å². The highest BCUT2D eigenvalue weighted by atomic mass is 32.1. The molecule has 0 aliphatic heterocycles. The highest BCUT2D eigenvalue weighted by Gasteiger charge is 2.11. The lowest BCUT2D eigenvalue weighted by Crippen LogP contribution is -2.04. The molecule has 0 aliphatic carbocycles. The molecule has 4 nitrogen and oxygen atoms in total. The van der Waals surface area contributed by atoms with Crippen molar-refractivity contribution >= 4 is 22.9 Å². The molecule has 2 aromatic rings. The van der Waals surface area contributed by atoms with Crippen molar-refractivity contribution in [1.29, 1.82) is 0 Å². The van der Waals surface area contributed by atoms with Crippen molar-refractivity contribution in [2.24, 2.45) is 0 Å². The van der Waals surface area contributed by atoms with E-state index in [1.807, 2.05) is 11.4 Å². The summed E-state index contributed by atoms with van der Waals surface area (Å²) in [5, 5.41) is 1.85. The predicted molar refractivity (Wildman–Crippen MR) is 64.2 cm³/mol. The van der Waals surface area contributed by atoms with Crippen molar-refractivity contribution in [3.05, 3.63) is 46.7 Å². The van der Waals surface area contributed by atoms with Crippen LogP contribution in [0.5, 0.6) is 0 Å². The van der Waals surface area contributed by atoms with Crippen LogP contribution in [0.4, 0.5) is 0 Å². The van der Waals surface area contributed by atoms with Crippen LogP contribution < -0.4 is 0 Å². The summed E-state index contributed by atoms with van der Waals surface area (Å²) in [5.41, 5.74) is 0.450. The highest BCUT2D eigenvalue weighted by Crippen LogP contribution is 2.13. The first-order valence-corrected chi connectivity index (χ1v) is 6.00. The van der Waals surface area contributed by atoms with Gasteiger partial charge in [-0.25, -0.2) is 9.97 Å². The van der Waals surface area contributed by atoms with Gasteiger partial charge in [-0.05, 0) is 11.4 Å². The standard InChI is InChI=1S/C12H10N2O2S/c15-10(9-6-13-8-14-7-9)3-4-11(16)12-2-1-5-17-12/h1-2,5-8H,3-4H2. The SMILES string of the molecule is O=C(CCC(=O)c1cccs1)c1cncnc1. The van der Waals surface area contributed by atoms with Crippen molar-refractivity contribution < 1.29 is 9.59 Å². The van der Waals surface area contributed by atoms with E-state index in [-0.39, 0.29) is 24.4 Å². The average Bonchev–Trinajstić information content (AvgIpc) is 2.90. The van der Waals surface area contributed by atoms with E-state index in [0.29, 0.717) is 10.4 Å². The van der Waals surface area contributed by atoms with Gasteiger partial charge >= 0.3 is 0 Å². The summed E-state index contributed by atoms with van der Waals surface area (Å²) in [6, 6.07) is 3.59. The number of carbonyl (C=O) groups is 2. The van der Waals surface area contributed by atoms with Crippen LogP contribution in [0.3, 0.4) is 0 Å². The number of hydrogen-bond donors (Lipinski definition) is 0. The van der Waals surface area contributed by atoms with Crippen molar-refractivity contribution in [1.82, 2.24) is 9.97 Å². The molecule has 0 bridgehead atoms. The first kappa shape index (κ1) is 11.6. The maximum Gasteiger partial charge on any atom is 0.173 e. The molecule has 86 valence electrons. The van der Waals surface area contributed by atoms with E-state index in [1.54, 1.807) is 6.07 Å². The molecule has 0 atom stereocenters. The third-order valence-electron chi connectivity index (χ3n) is 2.26. The molecule has 0 amide bonds. The van der Waals surface area contributed by atoms with Crippen molar-refractivity contribution in [2.75, 3.05) is 0 Å². The Morgan fingerprint density at radius 1 is 1.12 bits per heavy atom. The molecular weight excluding hydrogens is 236 g/mol. The number of hydrogen-bond acceptors (Lipinski definition) is 5. The molecular formula is C12H10N2O2S. The first-order valence-electron chi connectivity index (χ1n) is 5.12. The zero-order valence-corrected chi connectivity index (χ0v) is 9.81. The molecule has 17 heavy (non-hydrogen) atoms. The van der Waals surface area contributed by atoms with E-state index < -0.39 is 0 Å². The second-order valence-corrected chi connectivity index (χ2v) is 4.40. The summed E-state index contributed by atoms with van der Waals surface area (Å²) >= 11 is 1.39. The van der Waals surface area contributed by atoms with E-state index in [0.717, 1.165) is 0 Å². The summed E-state index contributed by atoms with van der Waals surface area (Å²) in [7, 11) is 0. The van der Waals surface area contributed by atoms with Crippen LogP contribution in [0, 0.1) is 0 Å². The second kappa shape index (κ2) is 5.45. The van der Waals surface area contributed by atoms with Gasteiger partial charge in [-0.15, -0.1) is 11.3 Å². The Hall–Kier alpha value is -1.88. The fourth-order valence-corrected chi connectivity index (χ4v) is 2.07. The van der Waals surface area contributed by atoms with Crippen LogP contribution in [-0.2, 0) is 0 Å². The first-order chi connectivity index (χ1) is 8.27. The van der Waals surface area contributed by atoms with Gasteiger partial charge in [-0.2, -0.15) is 0 Å². The highest BCUT2D eigenvalue weighted by molar-refractivity contribution is 7.12. The third kappa shape index (κ3) is 3.04. The third-order valence-corrected chi connectivity index (χ3v) is 3.17. The Labute approximate surface area is 102 Å². The Kier molecular flexibility index (Phi) is 3.72. The quantitative estimate of drug-likeness (QED) is 0.760. The summed E-state index contributed by atoms with van der Waals surface area (Å²) in [6.45, 7) is 0. The number of thiophene rings is 1. The zero-order valence-electron chi connectivity index (χ0n) is 9.00. The molecule has 5 heteroatoms. The van der Waals surface area contributed by atoms with E-state index in [2.05, 4.69) is 9.97 Å². The smallest absolute Gasteiger partial charge is 0.173 e. The fraction of sp³-hybridized carbons (Fsp3) is 0.167. The Morgan fingerprint density at radius 2 is 1.82 bits per heavy atom. The largest absolute Gasteiger partial charge is 0.294 e. The molecule has 2 rings (SSSR count). The van der Waals surface area contributed by atoms with Gasteiger partial charge in [0.05, 0.1) is 10.4 Å². The average molecular weight is 246 g/mol. The van der Waals surface area contributed by atoms with Crippen molar-refractivity contribution in [3.63, 3.8) is 0 Å². The van der Waals surface area contributed by atoms with Gasteiger partial charge in [-0.3, -0.25) is 9.59 Å². The summed E-state index contributed by atoms with van der Waals surface area (Å²) in [5.74, 6) is -0.0966. The summed E-state index contributed by atoms with van der Waals surface area (Å²) < 4.78 is 0. The maximum atomic E-state index is 11.7. The predicted octanol–water partition coefficient (Wildman–Crippen LogP) is 2.38. The normalized spacial score (nSPS) is 10.1. The van der Waals surface area contributed by atoms with Crippen LogP contribution in [-0.4, -0.2) is 21.5 Å². The molecule has 0 saturated heterocycles. The molecule has 0 saturated carbocycles. The zero-order chi connectivity index (χ0) is 12.1. The Bertz CT molecular complexity index is 509. The topological polar surface area (TPSA) is 59.9 Å². The van der Waals surface area contributed by atoms with Crippen LogP contribution in [0.1, 0.15) is 32.9 Å². The summed E-state index contributed by atoms with van der Waals surface area (Å²) in [4.78, 5) is 31.6. The van der Waals surface area contributed by atoms with Gasteiger partial charge in [0.15, 0.2) is 11.6 Å². The minimum absolute atomic E-state index is 0.00481. The molecule has 0 radical (unpaired) electrons. The molecule has 0 fully saturated rings. The monoisotopic (exact) mass is 246 g/mol. The Balaban J connectivity index is 1.91. The van der Waals surface area contributed by atoms with Gasteiger partial charge < -0.3 is 0 Å². The molecule has 2 heterocycles. The number of Topliss-reactive ketones (excluding diaryl/α,β-unsaturated/α-hetero) is 2. The number of carbonyl (C=O) groups excluding carboxylic acids is 2. The number of nitrogens with zero attached hydrogens (tertiary/aromatic N) is 2. The minimum Gasteiger partial charge on any atom is -0.294 e.